The number of benzene rings is 2. The molecule has 0 spiro atoms. The second-order valence-electron chi connectivity index (χ2n) is 5.19. The third-order valence-electron chi connectivity index (χ3n) is 3.77. The predicted molar refractivity (Wildman–Crippen MR) is 90.9 cm³/mol. The Hall–Kier alpha value is -3.35. The largest absolute Gasteiger partial charge is 0.508 e. The highest BCUT2D eigenvalue weighted by molar-refractivity contribution is 5.92. The summed E-state index contributed by atoms with van der Waals surface area (Å²) in [4.78, 5) is 12.5. The summed E-state index contributed by atoms with van der Waals surface area (Å²) in [7, 11) is 4.27. The highest BCUT2D eigenvalue weighted by Gasteiger charge is 2.21. The molecule has 2 aromatic carbocycles. The van der Waals surface area contributed by atoms with Crippen LogP contribution in [0, 0.1) is 0 Å². The number of rotatable bonds is 4. The van der Waals surface area contributed by atoms with Gasteiger partial charge in [0.2, 0.25) is 5.75 Å². The smallest absolute Gasteiger partial charge is 0.205 e. The van der Waals surface area contributed by atoms with Gasteiger partial charge in [-0.05, 0) is 18.2 Å². The van der Waals surface area contributed by atoms with Gasteiger partial charge in [-0.3, -0.25) is 4.79 Å². The highest BCUT2D eigenvalue weighted by Crippen LogP contribution is 2.42. The summed E-state index contributed by atoms with van der Waals surface area (Å²) in [6.45, 7) is 0. The SMILES string of the molecule is COc1ccc(O)cc1-c1cc(=O)c2c(O)cc(OC)c(OC)c2o1. The van der Waals surface area contributed by atoms with Gasteiger partial charge in [0.15, 0.2) is 16.8 Å². The summed E-state index contributed by atoms with van der Waals surface area (Å²) in [6, 6.07) is 6.92. The van der Waals surface area contributed by atoms with Crippen LogP contribution in [0.2, 0.25) is 0 Å². The molecule has 0 fully saturated rings. The third kappa shape index (κ3) is 2.69. The van der Waals surface area contributed by atoms with Crippen LogP contribution in [-0.4, -0.2) is 31.5 Å². The molecule has 0 aliphatic rings. The van der Waals surface area contributed by atoms with Crippen molar-refractivity contribution in [1.82, 2.24) is 0 Å². The Morgan fingerprint density at radius 2 is 1.64 bits per heavy atom. The van der Waals surface area contributed by atoms with Crippen LogP contribution in [0.4, 0.5) is 0 Å². The van der Waals surface area contributed by atoms with Gasteiger partial charge < -0.3 is 28.8 Å². The Morgan fingerprint density at radius 1 is 0.920 bits per heavy atom. The summed E-state index contributed by atoms with van der Waals surface area (Å²) in [6.07, 6.45) is 0. The van der Waals surface area contributed by atoms with E-state index in [0.29, 0.717) is 11.3 Å². The van der Waals surface area contributed by atoms with Gasteiger partial charge in [0.05, 0.1) is 26.9 Å². The normalized spacial score (nSPS) is 10.7. The molecular weight excluding hydrogens is 328 g/mol. The van der Waals surface area contributed by atoms with Crippen molar-refractivity contribution in [2.24, 2.45) is 0 Å². The van der Waals surface area contributed by atoms with Crippen molar-refractivity contribution in [2.45, 2.75) is 0 Å². The standard InChI is InChI=1S/C18H16O7/c1-22-13-5-4-9(19)6-10(13)14-7-11(20)16-12(21)8-15(23-2)17(24-3)18(16)25-14/h4-8,19,21H,1-3H3. The van der Waals surface area contributed by atoms with Crippen molar-refractivity contribution in [3.63, 3.8) is 0 Å². The lowest BCUT2D eigenvalue weighted by molar-refractivity contribution is 0.350. The minimum Gasteiger partial charge on any atom is -0.508 e. The fourth-order valence-electron chi connectivity index (χ4n) is 2.64. The van der Waals surface area contributed by atoms with Gasteiger partial charge in [-0.15, -0.1) is 0 Å². The number of ether oxygens (including phenoxy) is 3. The van der Waals surface area contributed by atoms with Gasteiger partial charge in [0.1, 0.15) is 28.4 Å². The first-order valence-electron chi connectivity index (χ1n) is 7.29. The molecule has 1 heterocycles. The molecule has 0 atom stereocenters. The Balaban J connectivity index is 2.40. The molecule has 0 aliphatic carbocycles. The van der Waals surface area contributed by atoms with Crippen molar-refractivity contribution in [3.8, 4) is 40.1 Å². The fourth-order valence-corrected chi connectivity index (χ4v) is 2.64. The molecule has 3 rings (SSSR count). The lowest BCUT2D eigenvalue weighted by Gasteiger charge is -2.13. The summed E-state index contributed by atoms with van der Waals surface area (Å²) in [5.74, 6) is 0.654. The Morgan fingerprint density at radius 3 is 2.28 bits per heavy atom. The molecule has 0 bridgehead atoms. The van der Waals surface area contributed by atoms with E-state index in [-0.39, 0.29) is 39.7 Å². The molecule has 1 aromatic heterocycles. The molecule has 25 heavy (non-hydrogen) atoms. The molecule has 2 N–H and O–H groups in total. The maximum atomic E-state index is 12.5. The fraction of sp³-hybridized carbons (Fsp3) is 0.167. The molecule has 0 radical (unpaired) electrons. The average Bonchev–Trinajstić information content (AvgIpc) is 2.60. The molecule has 0 amide bonds. The molecule has 0 saturated heterocycles. The molecule has 7 nitrogen and oxygen atoms in total. The lowest BCUT2D eigenvalue weighted by atomic mass is 10.1. The van der Waals surface area contributed by atoms with Gasteiger partial charge in [-0.1, -0.05) is 0 Å². The van der Waals surface area contributed by atoms with E-state index in [0.717, 1.165) is 0 Å². The van der Waals surface area contributed by atoms with E-state index in [2.05, 4.69) is 0 Å². The first-order chi connectivity index (χ1) is 12.0. The molecular formula is C18H16O7. The van der Waals surface area contributed by atoms with Crippen LogP contribution >= 0.6 is 0 Å². The molecule has 0 unspecified atom stereocenters. The van der Waals surface area contributed by atoms with E-state index in [1.807, 2.05) is 0 Å². The molecule has 130 valence electrons. The van der Waals surface area contributed by atoms with Gasteiger partial charge in [0, 0.05) is 12.1 Å². The number of phenols is 2. The van der Waals surface area contributed by atoms with Crippen molar-refractivity contribution in [3.05, 3.63) is 40.6 Å². The van der Waals surface area contributed by atoms with Crippen molar-refractivity contribution >= 4 is 11.0 Å². The van der Waals surface area contributed by atoms with E-state index in [1.165, 1.54) is 45.6 Å². The first kappa shape index (κ1) is 16.5. The van der Waals surface area contributed by atoms with Crippen molar-refractivity contribution < 1.29 is 28.8 Å². The van der Waals surface area contributed by atoms with E-state index >= 15 is 0 Å². The summed E-state index contributed by atoms with van der Waals surface area (Å²) in [5, 5.41) is 19.8. The minimum atomic E-state index is -0.472. The van der Waals surface area contributed by atoms with Gasteiger partial charge >= 0.3 is 0 Å². The van der Waals surface area contributed by atoms with Crippen LogP contribution in [0.25, 0.3) is 22.3 Å². The van der Waals surface area contributed by atoms with E-state index in [1.54, 1.807) is 6.07 Å². The van der Waals surface area contributed by atoms with Crippen LogP contribution in [-0.2, 0) is 0 Å². The summed E-state index contributed by atoms with van der Waals surface area (Å²) in [5.41, 5.74) is -0.0572. The topological polar surface area (TPSA) is 98.4 Å². The minimum absolute atomic E-state index is 0.0148. The number of hydrogen-bond acceptors (Lipinski definition) is 7. The van der Waals surface area contributed by atoms with E-state index in [4.69, 9.17) is 18.6 Å². The number of aromatic hydroxyl groups is 2. The third-order valence-corrected chi connectivity index (χ3v) is 3.77. The number of phenolic OH excluding ortho intramolecular Hbond substituents is 2. The molecule has 0 saturated carbocycles. The van der Waals surface area contributed by atoms with Crippen LogP contribution in [0.15, 0.2) is 39.5 Å². The monoisotopic (exact) mass is 344 g/mol. The summed E-state index contributed by atoms with van der Waals surface area (Å²) < 4.78 is 21.5. The van der Waals surface area contributed by atoms with Crippen molar-refractivity contribution in [1.29, 1.82) is 0 Å². The van der Waals surface area contributed by atoms with Crippen molar-refractivity contribution in [2.75, 3.05) is 21.3 Å². The average molecular weight is 344 g/mol. The lowest BCUT2D eigenvalue weighted by Crippen LogP contribution is -2.03. The zero-order valence-corrected chi connectivity index (χ0v) is 13.8. The maximum Gasteiger partial charge on any atom is 0.205 e. The predicted octanol–water partition coefficient (Wildman–Crippen LogP) is 2.90. The zero-order chi connectivity index (χ0) is 18.1. The Kier molecular flexibility index (Phi) is 4.14. The maximum absolute atomic E-state index is 12.5. The number of methoxy groups -OCH3 is 3. The second-order valence-corrected chi connectivity index (χ2v) is 5.19. The summed E-state index contributed by atoms with van der Waals surface area (Å²) >= 11 is 0. The highest BCUT2D eigenvalue weighted by atomic mass is 16.5. The zero-order valence-electron chi connectivity index (χ0n) is 13.8. The van der Waals surface area contributed by atoms with Gasteiger partial charge in [0.25, 0.3) is 0 Å². The van der Waals surface area contributed by atoms with Crippen LogP contribution in [0.1, 0.15) is 0 Å². The van der Waals surface area contributed by atoms with Crippen LogP contribution in [0.3, 0.4) is 0 Å². The second kappa shape index (κ2) is 6.27. The first-order valence-corrected chi connectivity index (χ1v) is 7.29. The number of hydrogen-bond donors (Lipinski definition) is 2. The Labute approximate surface area is 142 Å². The van der Waals surface area contributed by atoms with E-state index in [9.17, 15) is 15.0 Å². The molecule has 7 heteroatoms. The quantitative estimate of drug-likeness (QED) is 0.751. The molecule has 3 aromatic rings. The van der Waals surface area contributed by atoms with Crippen LogP contribution in [0.5, 0.6) is 28.7 Å². The van der Waals surface area contributed by atoms with E-state index < -0.39 is 5.43 Å². The Bertz CT molecular complexity index is 1000. The van der Waals surface area contributed by atoms with Crippen LogP contribution < -0.4 is 19.6 Å². The van der Waals surface area contributed by atoms with Gasteiger partial charge in [-0.2, -0.15) is 0 Å². The molecule has 0 aliphatic heterocycles. The number of fused-ring (bicyclic) bond motifs is 1. The van der Waals surface area contributed by atoms with Gasteiger partial charge in [-0.25, -0.2) is 0 Å².